The molecular formula is C20H17ClFN3O3. The number of rotatable bonds is 5. The SMILES string of the molecule is COc1cccc(CN2C(=O)CCC2c2nc(-c3ccc(Cl)c(F)c3)no2)c1. The number of ether oxygens (including phenoxy) is 1. The Morgan fingerprint density at radius 1 is 1.32 bits per heavy atom. The van der Waals surface area contributed by atoms with Crippen molar-refractivity contribution in [1.82, 2.24) is 15.0 Å². The summed E-state index contributed by atoms with van der Waals surface area (Å²) in [5, 5.41) is 3.97. The average Bonchev–Trinajstić information content (AvgIpc) is 3.32. The lowest BCUT2D eigenvalue weighted by Crippen LogP contribution is -2.27. The summed E-state index contributed by atoms with van der Waals surface area (Å²) >= 11 is 5.72. The van der Waals surface area contributed by atoms with Crippen LogP contribution in [0.25, 0.3) is 11.4 Å². The third kappa shape index (κ3) is 3.57. The van der Waals surface area contributed by atoms with Crippen LogP contribution in [-0.2, 0) is 11.3 Å². The zero-order chi connectivity index (χ0) is 19.7. The lowest BCUT2D eigenvalue weighted by molar-refractivity contribution is -0.130. The molecule has 0 spiro atoms. The molecule has 0 radical (unpaired) electrons. The first-order chi connectivity index (χ1) is 13.5. The lowest BCUT2D eigenvalue weighted by atomic mass is 10.1. The standard InChI is InChI=1S/C20H17ClFN3O3/c1-27-14-4-2-3-12(9-14)11-25-17(7-8-18(25)26)20-23-19(24-28-20)13-5-6-15(21)16(22)10-13/h2-6,9-10,17H,7-8,11H2,1H3. The second kappa shape index (κ2) is 7.59. The Labute approximate surface area is 165 Å². The summed E-state index contributed by atoms with van der Waals surface area (Å²) in [6.45, 7) is 0.411. The van der Waals surface area contributed by atoms with Crippen LogP contribution in [0.15, 0.2) is 47.0 Å². The second-order valence-electron chi connectivity index (χ2n) is 6.51. The number of carbonyl (C=O) groups is 1. The largest absolute Gasteiger partial charge is 0.497 e. The minimum absolute atomic E-state index is 0.0186. The van der Waals surface area contributed by atoms with Gasteiger partial charge in [-0.25, -0.2) is 4.39 Å². The van der Waals surface area contributed by atoms with E-state index in [1.54, 1.807) is 18.1 Å². The van der Waals surface area contributed by atoms with Crippen molar-refractivity contribution in [2.45, 2.75) is 25.4 Å². The molecule has 1 fully saturated rings. The molecule has 1 aliphatic heterocycles. The van der Waals surface area contributed by atoms with E-state index < -0.39 is 5.82 Å². The maximum Gasteiger partial charge on any atom is 0.249 e. The van der Waals surface area contributed by atoms with Gasteiger partial charge in [0.05, 0.1) is 12.1 Å². The van der Waals surface area contributed by atoms with E-state index in [1.807, 2.05) is 24.3 Å². The molecule has 3 aromatic rings. The molecule has 0 N–H and O–H groups in total. The van der Waals surface area contributed by atoms with Crippen molar-refractivity contribution in [3.8, 4) is 17.1 Å². The highest BCUT2D eigenvalue weighted by atomic mass is 35.5. The second-order valence-corrected chi connectivity index (χ2v) is 6.92. The molecule has 1 saturated heterocycles. The van der Waals surface area contributed by atoms with Gasteiger partial charge in [0.25, 0.3) is 0 Å². The van der Waals surface area contributed by atoms with E-state index in [9.17, 15) is 9.18 Å². The summed E-state index contributed by atoms with van der Waals surface area (Å²) in [6, 6.07) is 11.5. The Morgan fingerprint density at radius 2 is 2.18 bits per heavy atom. The van der Waals surface area contributed by atoms with Gasteiger partial charge in [-0.2, -0.15) is 4.98 Å². The van der Waals surface area contributed by atoms with Gasteiger partial charge in [-0.3, -0.25) is 4.79 Å². The van der Waals surface area contributed by atoms with Gasteiger partial charge in [-0.15, -0.1) is 0 Å². The summed E-state index contributed by atoms with van der Waals surface area (Å²) < 4.78 is 24.4. The molecule has 28 heavy (non-hydrogen) atoms. The first-order valence-corrected chi connectivity index (χ1v) is 9.14. The molecule has 1 aromatic heterocycles. The minimum atomic E-state index is -0.554. The van der Waals surface area contributed by atoms with Crippen molar-refractivity contribution in [3.05, 3.63) is 64.8 Å². The van der Waals surface area contributed by atoms with Gasteiger partial charge < -0.3 is 14.2 Å². The predicted molar refractivity (Wildman–Crippen MR) is 100 cm³/mol. The summed E-state index contributed by atoms with van der Waals surface area (Å²) in [5.41, 5.74) is 1.40. The smallest absolute Gasteiger partial charge is 0.249 e. The summed E-state index contributed by atoms with van der Waals surface area (Å²) in [4.78, 5) is 18.5. The van der Waals surface area contributed by atoms with E-state index in [1.165, 1.54) is 12.1 Å². The Kier molecular flexibility index (Phi) is 5.00. The number of halogens is 2. The van der Waals surface area contributed by atoms with E-state index >= 15 is 0 Å². The van der Waals surface area contributed by atoms with Crippen LogP contribution < -0.4 is 4.74 Å². The number of methoxy groups -OCH3 is 1. The van der Waals surface area contributed by atoms with Crippen LogP contribution in [0.2, 0.25) is 5.02 Å². The summed E-state index contributed by atoms with van der Waals surface area (Å²) in [6.07, 6.45) is 0.987. The van der Waals surface area contributed by atoms with Gasteiger partial charge in [-0.05, 0) is 42.3 Å². The van der Waals surface area contributed by atoms with Crippen molar-refractivity contribution in [2.24, 2.45) is 0 Å². The van der Waals surface area contributed by atoms with Gasteiger partial charge in [0.1, 0.15) is 17.6 Å². The van der Waals surface area contributed by atoms with Crippen molar-refractivity contribution >= 4 is 17.5 Å². The predicted octanol–water partition coefficient (Wildman–Crippen LogP) is 4.40. The van der Waals surface area contributed by atoms with Crippen molar-refractivity contribution in [1.29, 1.82) is 0 Å². The highest BCUT2D eigenvalue weighted by Gasteiger charge is 2.36. The lowest BCUT2D eigenvalue weighted by Gasteiger charge is -2.22. The molecule has 144 valence electrons. The van der Waals surface area contributed by atoms with Crippen molar-refractivity contribution in [2.75, 3.05) is 7.11 Å². The number of nitrogens with zero attached hydrogens (tertiary/aromatic N) is 3. The highest BCUT2D eigenvalue weighted by Crippen LogP contribution is 2.34. The topological polar surface area (TPSA) is 68.5 Å². The Bertz CT molecular complexity index is 1020. The van der Waals surface area contributed by atoms with Crippen LogP contribution >= 0.6 is 11.6 Å². The van der Waals surface area contributed by atoms with Gasteiger partial charge in [0.15, 0.2) is 0 Å². The first-order valence-electron chi connectivity index (χ1n) is 8.76. The fourth-order valence-electron chi connectivity index (χ4n) is 3.28. The maximum absolute atomic E-state index is 13.7. The summed E-state index contributed by atoms with van der Waals surface area (Å²) in [7, 11) is 1.60. The number of likely N-dealkylation sites (tertiary alicyclic amines) is 1. The van der Waals surface area contributed by atoms with Crippen LogP contribution in [0, 0.1) is 5.82 Å². The van der Waals surface area contributed by atoms with E-state index in [-0.39, 0.29) is 22.8 Å². The molecule has 6 nitrogen and oxygen atoms in total. The molecule has 0 aliphatic carbocycles. The fourth-order valence-corrected chi connectivity index (χ4v) is 3.40. The number of amides is 1. The van der Waals surface area contributed by atoms with E-state index in [2.05, 4.69) is 10.1 Å². The zero-order valence-corrected chi connectivity index (χ0v) is 15.8. The monoisotopic (exact) mass is 401 g/mol. The molecule has 0 bridgehead atoms. The van der Waals surface area contributed by atoms with Gasteiger partial charge >= 0.3 is 0 Å². The number of carbonyl (C=O) groups excluding carboxylic acids is 1. The van der Waals surface area contributed by atoms with Gasteiger partial charge in [0, 0.05) is 18.5 Å². The molecule has 1 amide bonds. The molecule has 2 aromatic carbocycles. The number of aromatic nitrogens is 2. The third-order valence-electron chi connectivity index (χ3n) is 4.72. The van der Waals surface area contributed by atoms with Crippen LogP contribution in [0.5, 0.6) is 5.75 Å². The van der Waals surface area contributed by atoms with Crippen LogP contribution in [0.1, 0.15) is 30.3 Å². The molecule has 1 unspecified atom stereocenters. The van der Waals surface area contributed by atoms with Crippen LogP contribution in [-0.4, -0.2) is 28.1 Å². The molecular weight excluding hydrogens is 385 g/mol. The Balaban J connectivity index is 1.58. The summed E-state index contributed by atoms with van der Waals surface area (Å²) in [5.74, 6) is 0.780. The normalized spacial score (nSPS) is 16.6. The number of hydrogen-bond acceptors (Lipinski definition) is 5. The minimum Gasteiger partial charge on any atom is -0.497 e. The fraction of sp³-hybridized carbons (Fsp3) is 0.250. The molecule has 4 rings (SSSR count). The van der Waals surface area contributed by atoms with E-state index in [0.29, 0.717) is 30.8 Å². The first kappa shape index (κ1) is 18.4. The molecule has 2 heterocycles. The maximum atomic E-state index is 13.7. The Hall–Kier alpha value is -2.93. The van der Waals surface area contributed by atoms with Crippen LogP contribution in [0.3, 0.4) is 0 Å². The molecule has 0 saturated carbocycles. The zero-order valence-electron chi connectivity index (χ0n) is 15.1. The van der Waals surface area contributed by atoms with Crippen LogP contribution in [0.4, 0.5) is 4.39 Å². The highest BCUT2D eigenvalue weighted by molar-refractivity contribution is 6.30. The van der Waals surface area contributed by atoms with Crippen molar-refractivity contribution in [3.63, 3.8) is 0 Å². The van der Waals surface area contributed by atoms with Gasteiger partial charge in [0.2, 0.25) is 17.6 Å². The van der Waals surface area contributed by atoms with E-state index in [4.69, 9.17) is 20.9 Å². The number of benzene rings is 2. The quantitative estimate of drug-likeness (QED) is 0.633. The molecule has 1 aliphatic rings. The Morgan fingerprint density at radius 3 is 2.96 bits per heavy atom. The number of hydrogen-bond donors (Lipinski definition) is 0. The van der Waals surface area contributed by atoms with Gasteiger partial charge in [-0.1, -0.05) is 28.9 Å². The van der Waals surface area contributed by atoms with Crippen molar-refractivity contribution < 1.29 is 18.4 Å². The van der Waals surface area contributed by atoms with E-state index in [0.717, 1.165) is 11.3 Å². The third-order valence-corrected chi connectivity index (χ3v) is 5.03. The molecule has 1 atom stereocenters. The average molecular weight is 402 g/mol. The molecule has 8 heteroatoms.